The van der Waals surface area contributed by atoms with Crippen LogP contribution in [0.4, 0.5) is 5.69 Å². The van der Waals surface area contributed by atoms with Gasteiger partial charge in [-0.1, -0.05) is 25.4 Å². The van der Waals surface area contributed by atoms with Crippen molar-refractivity contribution in [3.8, 4) is 0 Å². The van der Waals surface area contributed by atoms with E-state index in [4.69, 9.17) is 11.6 Å². The fourth-order valence-corrected chi connectivity index (χ4v) is 2.93. The Morgan fingerprint density at radius 3 is 2.53 bits per heavy atom. The molecule has 3 nitrogen and oxygen atoms in total. The van der Waals surface area contributed by atoms with E-state index in [1.54, 1.807) is 6.07 Å². The van der Waals surface area contributed by atoms with Crippen molar-refractivity contribution in [2.24, 2.45) is 11.8 Å². The molecule has 1 heterocycles. The van der Waals surface area contributed by atoms with E-state index in [9.17, 15) is 9.90 Å². The van der Waals surface area contributed by atoms with Crippen LogP contribution in [0.15, 0.2) is 18.2 Å². The number of hydrogen-bond donors (Lipinski definition) is 1. The highest BCUT2D eigenvalue weighted by Gasteiger charge is 2.24. The zero-order valence-corrected chi connectivity index (χ0v) is 12.2. The molecule has 1 aromatic rings. The lowest BCUT2D eigenvalue weighted by Crippen LogP contribution is -2.36. The maximum Gasteiger partial charge on any atom is 0.337 e. The second-order valence-electron chi connectivity index (χ2n) is 5.54. The molecule has 0 amide bonds. The largest absolute Gasteiger partial charge is 0.478 e. The van der Waals surface area contributed by atoms with E-state index in [0.717, 1.165) is 37.5 Å². The average Bonchev–Trinajstić information content (AvgIpc) is 2.38. The normalized spacial score (nSPS) is 16.9. The van der Waals surface area contributed by atoms with E-state index < -0.39 is 5.97 Å². The Morgan fingerprint density at radius 2 is 2.00 bits per heavy atom. The second kappa shape index (κ2) is 5.83. The fraction of sp³-hybridized carbons (Fsp3) is 0.533. The SMILES string of the molecule is CC(C)C1CCN(c2ccc(Cl)cc2C(=O)O)CC1. The van der Waals surface area contributed by atoms with Crippen LogP contribution in [0, 0.1) is 11.8 Å². The van der Waals surface area contributed by atoms with Crippen LogP contribution in [-0.4, -0.2) is 24.2 Å². The minimum Gasteiger partial charge on any atom is -0.478 e. The summed E-state index contributed by atoms with van der Waals surface area (Å²) in [4.78, 5) is 13.5. The Balaban J connectivity index is 2.17. The lowest BCUT2D eigenvalue weighted by atomic mass is 9.86. The maximum atomic E-state index is 11.3. The molecule has 0 aliphatic carbocycles. The first kappa shape index (κ1) is 14.2. The highest BCUT2D eigenvalue weighted by Crippen LogP contribution is 2.31. The number of carbonyl (C=O) groups is 1. The molecule has 1 aliphatic heterocycles. The molecule has 1 N–H and O–H groups in total. The van der Waals surface area contributed by atoms with Gasteiger partial charge in [-0.3, -0.25) is 0 Å². The third-order valence-electron chi connectivity index (χ3n) is 4.01. The molecule has 1 fully saturated rings. The summed E-state index contributed by atoms with van der Waals surface area (Å²) < 4.78 is 0. The number of hydrogen-bond acceptors (Lipinski definition) is 2. The van der Waals surface area contributed by atoms with Gasteiger partial charge < -0.3 is 10.0 Å². The van der Waals surface area contributed by atoms with Gasteiger partial charge in [-0.15, -0.1) is 0 Å². The summed E-state index contributed by atoms with van der Waals surface area (Å²) in [5.41, 5.74) is 1.09. The Bertz CT molecular complexity index is 465. The smallest absolute Gasteiger partial charge is 0.337 e. The van der Waals surface area contributed by atoms with Crippen molar-refractivity contribution in [2.45, 2.75) is 26.7 Å². The van der Waals surface area contributed by atoms with E-state index in [1.165, 1.54) is 6.07 Å². The molecule has 104 valence electrons. The van der Waals surface area contributed by atoms with Crippen molar-refractivity contribution >= 4 is 23.3 Å². The lowest BCUT2D eigenvalue weighted by Gasteiger charge is -2.36. The van der Waals surface area contributed by atoms with Crippen LogP contribution in [0.3, 0.4) is 0 Å². The van der Waals surface area contributed by atoms with Gasteiger partial charge in [0.25, 0.3) is 0 Å². The van der Waals surface area contributed by atoms with Gasteiger partial charge in [0.2, 0.25) is 0 Å². The first-order valence-electron chi connectivity index (χ1n) is 6.77. The molecular weight excluding hydrogens is 262 g/mol. The average molecular weight is 282 g/mol. The number of anilines is 1. The van der Waals surface area contributed by atoms with Crippen LogP contribution in [0.2, 0.25) is 5.02 Å². The first-order chi connectivity index (χ1) is 8.99. The standard InChI is InChI=1S/C15H20ClNO2/c1-10(2)11-5-7-17(8-6-11)14-4-3-12(16)9-13(14)15(18)19/h3-4,9-11H,5-8H2,1-2H3,(H,18,19). The molecule has 0 saturated carbocycles. The molecule has 0 radical (unpaired) electrons. The Kier molecular flexibility index (Phi) is 4.35. The Hall–Kier alpha value is -1.22. The molecule has 1 saturated heterocycles. The number of nitrogens with zero attached hydrogens (tertiary/aromatic N) is 1. The predicted molar refractivity (Wildman–Crippen MR) is 78.2 cm³/mol. The Morgan fingerprint density at radius 1 is 1.37 bits per heavy atom. The number of rotatable bonds is 3. The highest BCUT2D eigenvalue weighted by atomic mass is 35.5. The summed E-state index contributed by atoms with van der Waals surface area (Å²) in [6.45, 7) is 6.35. The van der Waals surface area contributed by atoms with Gasteiger partial charge in [-0.2, -0.15) is 0 Å². The number of benzene rings is 1. The molecule has 0 aromatic heterocycles. The minimum atomic E-state index is -0.913. The summed E-state index contributed by atoms with van der Waals surface area (Å²) in [5.74, 6) is 0.534. The highest BCUT2D eigenvalue weighted by molar-refractivity contribution is 6.31. The molecule has 0 atom stereocenters. The van der Waals surface area contributed by atoms with E-state index in [0.29, 0.717) is 16.5 Å². The van der Waals surface area contributed by atoms with Crippen LogP contribution in [0.5, 0.6) is 0 Å². The van der Waals surface area contributed by atoms with Gasteiger partial charge in [-0.25, -0.2) is 4.79 Å². The molecule has 0 bridgehead atoms. The number of halogens is 1. The van der Waals surface area contributed by atoms with Gasteiger partial charge in [-0.05, 0) is 42.9 Å². The molecule has 1 aliphatic rings. The molecule has 0 spiro atoms. The van der Waals surface area contributed by atoms with Crippen molar-refractivity contribution in [1.82, 2.24) is 0 Å². The fourth-order valence-electron chi connectivity index (χ4n) is 2.76. The van der Waals surface area contributed by atoms with Crippen LogP contribution < -0.4 is 4.90 Å². The van der Waals surface area contributed by atoms with Crippen LogP contribution in [0.1, 0.15) is 37.0 Å². The third kappa shape index (κ3) is 3.21. The number of carboxylic acids is 1. The maximum absolute atomic E-state index is 11.3. The monoisotopic (exact) mass is 281 g/mol. The minimum absolute atomic E-state index is 0.301. The molecule has 0 unspecified atom stereocenters. The quantitative estimate of drug-likeness (QED) is 0.913. The predicted octanol–water partition coefficient (Wildman–Crippen LogP) is 3.91. The number of carboxylic acid groups (broad SMARTS) is 1. The second-order valence-corrected chi connectivity index (χ2v) is 5.97. The number of piperidine rings is 1. The van der Waals surface area contributed by atoms with E-state index in [2.05, 4.69) is 18.7 Å². The topological polar surface area (TPSA) is 40.5 Å². The molecule has 4 heteroatoms. The molecule has 1 aromatic carbocycles. The van der Waals surface area contributed by atoms with Crippen molar-refractivity contribution in [3.05, 3.63) is 28.8 Å². The van der Waals surface area contributed by atoms with Crippen LogP contribution >= 0.6 is 11.6 Å². The summed E-state index contributed by atoms with van der Waals surface area (Å²) in [5, 5.41) is 9.75. The summed E-state index contributed by atoms with van der Waals surface area (Å²) in [7, 11) is 0. The van der Waals surface area contributed by atoms with E-state index >= 15 is 0 Å². The van der Waals surface area contributed by atoms with Crippen molar-refractivity contribution in [1.29, 1.82) is 0 Å². The zero-order valence-electron chi connectivity index (χ0n) is 11.4. The first-order valence-corrected chi connectivity index (χ1v) is 7.14. The molecular formula is C15H20ClNO2. The third-order valence-corrected chi connectivity index (χ3v) is 4.25. The molecule has 19 heavy (non-hydrogen) atoms. The van der Waals surface area contributed by atoms with Gasteiger partial charge >= 0.3 is 5.97 Å². The van der Waals surface area contributed by atoms with Gasteiger partial charge in [0.05, 0.1) is 11.3 Å². The lowest BCUT2D eigenvalue weighted by molar-refractivity contribution is 0.0697. The zero-order chi connectivity index (χ0) is 14.0. The molecule has 2 rings (SSSR count). The van der Waals surface area contributed by atoms with Gasteiger partial charge in [0.1, 0.15) is 0 Å². The van der Waals surface area contributed by atoms with Gasteiger partial charge in [0, 0.05) is 18.1 Å². The summed E-state index contributed by atoms with van der Waals surface area (Å²) in [6, 6.07) is 5.12. The van der Waals surface area contributed by atoms with E-state index in [1.807, 2.05) is 6.07 Å². The summed E-state index contributed by atoms with van der Waals surface area (Å²) in [6.07, 6.45) is 2.25. The van der Waals surface area contributed by atoms with Crippen molar-refractivity contribution in [2.75, 3.05) is 18.0 Å². The van der Waals surface area contributed by atoms with Crippen molar-refractivity contribution in [3.63, 3.8) is 0 Å². The Labute approximate surface area is 119 Å². The summed E-state index contributed by atoms with van der Waals surface area (Å²) >= 11 is 5.88. The van der Waals surface area contributed by atoms with E-state index in [-0.39, 0.29) is 0 Å². The number of aromatic carboxylic acids is 1. The van der Waals surface area contributed by atoms with Gasteiger partial charge in [0.15, 0.2) is 0 Å². The van der Waals surface area contributed by atoms with Crippen LogP contribution in [-0.2, 0) is 0 Å². The van der Waals surface area contributed by atoms with Crippen LogP contribution in [0.25, 0.3) is 0 Å². The van der Waals surface area contributed by atoms with Crippen molar-refractivity contribution < 1.29 is 9.90 Å².